The van der Waals surface area contributed by atoms with Gasteiger partial charge in [0, 0.05) is 31.4 Å². The normalized spacial score (nSPS) is 19.4. The predicted molar refractivity (Wildman–Crippen MR) is 82.2 cm³/mol. The summed E-state index contributed by atoms with van der Waals surface area (Å²) in [7, 11) is 0. The molecule has 116 valence electrons. The summed E-state index contributed by atoms with van der Waals surface area (Å²) in [6, 6.07) is -0.260. The molecule has 0 radical (unpaired) electrons. The van der Waals surface area contributed by atoms with E-state index in [0.717, 1.165) is 0 Å². The largest absolute Gasteiger partial charge is 0.444 e. The molecule has 1 saturated heterocycles. The van der Waals surface area contributed by atoms with Gasteiger partial charge in [-0.1, -0.05) is 11.6 Å². The van der Waals surface area contributed by atoms with Crippen molar-refractivity contribution in [1.82, 2.24) is 15.2 Å². The number of hydrogen-bond donors (Lipinski definition) is 2. The van der Waals surface area contributed by atoms with E-state index in [1.807, 2.05) is 20.8 Å². The number of nitrogens with two attached hydrogens (primary N) is 1. The lowest BCUT2D eigenvalue weighted by Gasteiger charge is -2.38. The quantitative estimate of drug-likeness (QED) is 0.831. The van der Waals surface area contributed by atoms with Crippen LogP contribution in [0.5, 0.6) is 0 Å². The van der Waals surface area contributed by atoms with Gasteiger partial charge in [-0.05, 0) is 20.8 Å². The maximum atomic E-state index is 12.4. The first-order valence-electron chi connectivity index (χ1n) is 6.89. The first kappa shape index (κ1) is 15.9. The molecule has 1 fully saturated rings. The van der Waals surface area contributed by atoms with E-state index in [-0.39, 0.29) is 12.1 Å². The molecule has 1 aliphatic heterocycles. The van der Waals surface area contributed by atoms with Gasteiger partial charge in [0.15, 0.2) is 0 Å². The molecule has 0 spiro atoms. The summed E-state index contributed by atoms with van der Waals surface area (Å²) in [6.45, 7) is 7.35. The lowest BCUT2D eigenvalue weighted by Crippen LogP contribution is -2.50. The minimum atomic E-state index is -0.542. The van der Waals surface area contributed by atoms with Crippen LogP contribution in [0.3, 0.4) is 0 Å². The second-order valence-corrected chi connectivity index (χ2v) is 6.43. The van der Waals surface area contributed by atoms with Crippen molar-refractivity contribution in [3.8, 4) is 0 Å². The molecule has 1 aromatic rings. The van der Waals surface area contributed by atoms with Gasteiger partial charge in [-0.2, -0.15) is 0 Å². The molecule has 0 bridgehead atoms. The molecule has 1 aliphatic rings. The van der Waals surface area contributed by atoms with Crippen LogP contribution in [0, 0.1) is 0 Å². The number of piperazine rings is 1. The first-order valence-corrected chi connectivity index (χ1v) is 7.26. The van der Waals surface area contributed by atoms with Crippen molar-refractivity contribution >= 4 is 23.4 Å². The molecule has 0 saturated carbocycles. The number of nitrogen functional groups attached to an aromatic ring is 1. The van der Waals surface area contributed by atoms with E-state index in [0.29, 0.717) is 35.9 Å². The number of rotatable bonds is 1. The van der Waals surface area contributed by atoms with Crippen LogP contribution in [-0.2, 0) is 4.74 Å². The lowest BCUT2D eigenvalue weighted by molar-refractivity contribution is 0.0119. The highest BCUT2D eigenvalue weighted by Crippen LogP contribution is 2.33. The summed E-state index contributed by atoms with van der Waals surface area (Å²) >= 11 is 6.22. The molecular formula is C14H21ClN4O2. The van der Waals surface area contributed by atoms with Crippen molar-refractivity contribution in [2.75, 3.05) is 25.4 Å². The maximum absolute atomic E-state index is 12.4. The molecule has 0 aliphatic carbocycles. The van der Waals surface area contributed by atoms with Crippen molar-refractivity contribution in [2.45, 2.75) is 32.4 Å². The van der Waals surface area contributed by atoms with Crippen LogP contribution in [-0.4, -0.2) is 41.2 Å². The molecule has 21 heavy (non-hydrogen) atoms. The number of pyridine rings is 1. The van der Waals surface area contributed by atoms with Crippen molar-refractivity contribution in [1.29, 1.82) is 0 Å². The van der Waals surface area contributed by atoms with E-state index < -0.39 is 5.60 Å². The monoisotopic (exact) mass is 312 g/mol. The topological polar surface area (TPSA) is 80.5 Å². The van der Waals surface area contributed by atoms with Crippen molar-refractivity contribution < 1.29 is 9.53 Å². The molecule has 1 atom stereocenters. The molecule has 0 aromatic carbocycles. The van der Waals surface area contributed by atoms with E-state index in [9.17, 15) is 4.79 Å². The minimum Gasteiger partial charge on any atom is -0.444 e. The molecular weight excluding hydrogens is 292 g/mol. The summed E-state index contributed by atoms with van der Waals surface area (Å²) in [5.41, 5.74) is 6.64. The van der Waals surface area contributed by atoms with Gasteiger partial charge in [0.05, 0.1) is 22.9 Å². The van der Waals surface area contributed by atoms with Gasteiger partial charge < -0.3 is 15.8 Å². The van der Waals surface area contributed by atoms with E-state index in [1.165, 1.54) is 6.20 Å². The Kier molecular flexibility index (Phi) is 4.58. The number of halogens is 1. The van der Waals surface area contributed by atoms with Crippen molar-refractivity contribution in [2.24, 2.45) is 0 Å². The molecule has 6 nitrogen and oxygen atoms in total. The zero-order valence-electron chi connectivity index (χ0n) is 12.5. The van der Waals surface area contributed by atoms with Crippen LogP contribution in [0.2, 0.25) is 5.02 Å². The fourth-order valence-corrected chi connectivity index (χ4v) is 2.60. The predicted octanol–water partition coefficient (Wildman–Crippen LogP) is 2.20. The number of hydrogen-bond acceptors (Lipinski definition) is 5. The number of nitrogens with zero attached hydrogens (tertiary/aromatic N) is 2. The van der Waals surface area contributed by atoms with E-state index >= 15 is 0 Å². The fraction of sp³-hybridized carbons (Fsp3) is 0.571. The van der Waals surface area contributed by atoms with Gasteiger partial charge in [-0.15, -0.1) is 0 Å². The number of ether oxygens (including phenoxy) is 1. The Balaban J connectivity index is 2.29. The molecule has 7 heteroatoms. The Morgan fingerprint density at radius 2 is 2.24 bits per heavy atom. The van der Waals surface area contributed by atoms with Crippen LogP contribution in [0.15, 0.2) is 12.4 Å². The number of aromatic nitrogens is 1. The second kappa shape index (κ2) is 6.07. The van der Waals surface area contributed by atoms with Crippen LogP contribution >= 0.6 is 11.6 Å². The van der Waals surface area contributed by atoms with Crippen LogP contribution in [0.4, 0.5) is 10.5 Å². The number of carbonyl (C=O) groups excluding carboxylic acids is 1. The Hall–Kier alpha value is -1.53. The van der Waals surface area contributed by atoms with Crippen molar-refractivity contribution in [3.05, 3.63) is 23.0 Å². The summed E-state index contributed by atoms with van der Waals surface area (Å²) in [6.07, 6.45) is 2.72. The standard InChI is InChI=1S/C14H21ClN4O2/c1-14(2,3)21-13(20)19-5-4-17-8-11(19)12-9(15)6-18-7-10(12)16/h6-7,11,17H,4-5,8,16H2,1-3H3. The summed E-state index contributed by atoms with van der Waals surface area (Å²) < 4.78 is 5.47. The van der Waals surface area contributed by atoms with Gasteiger partial charge in [-0.25, -0.2) is 4.79 Å². The first-order chi connectivity index (χ1) is 9.79. The zero-order valence-corrected chi connectivity index (χ0v) is 13.3. The number of amides is 1. The number of anilines is 1. The Bertz CT molecular complexity index is 510. The molecule has 2 rings (SSSR count). The number of nitrogens with one attached hydrogen (secondary N) is 1. The Morgan fingerprint density at radius 3 is 2.86 bits per heavy atom. The van der Waals surface area contributed by atoms with Gasteiger partial charge >= 0.3 is 6.09 Å². The highest BCUT2D eigenvalue weighted by Gasteiger charge is 2.33. The summed E-state index contributed by atoms with van der Waals surface area (Å²) in [4.78, 5) is 18.0. The maximum Gasteiger partial charge on any atom is 0.410 e. The van der Waals surface area contributed by atoms with Crippen LogP contribution in [0.1, 0.15) is 32.4 Å². The highest BCUT2D eigenvalue weighted by molar-refractivity contribution is 6.31. The summed E-state index contributed by atoms with van der Waals surface area (Å²) in [5.74, 6) is 0. The van der Waals surface area contributed by atoms with Gasteiger partial charge in [0.25, 0.3) is 0 Å². The molecule has 1 unspecified atom stereocenters. The van der Waals surface area contributed by atoms with E-state index in [1.54, 1.807) is 11.1 Å². The van der Waals surface area contributed by atoms with Gasteiger partial charge in [-0.3, -0.25) is 9.88 Å². The lowest BCUT2D eigenvalue weighted by atomic mass is 10.0. The van der Waals surface area contributed by atoms with Crippen LogP contribution < -0.4 is 11.1 Å². The fourth-order valence-electron chi connectivity index (χ4n) is 2.31. The Morgan fingerprint density at radius 1 is 1.52 bits per heavy atom. The minimum absolute atomic E-state index is 0.260. The third-order valence-corrected chi connectivity index (χ3v) is 3.48. The highest BCUT2D eigenvalue weighted by atomic mass is 35.5. The zero-order chi connectivity index (χ0) is 15.6. The van der Waals surface area contributed by atoms with E-state index in [2.05, 4.69) is 10.3 Å². The van der Waals surface area contributed by atoms with Gasteiger partial charge in [0.1, 0.15) is 5.60 Å². The molecule has 2 heterocycles. The SMILES string of the molecule is CC(C)(C)OC(=O)N1CCNCC1c1c(N)cncc1Cl. The average Bonchev–Trinajstić information content (AvgIpc) is 2.37. The summed E-state index contributed by atoms with van der Waals surface area (Å²) in [5, 5.41) is 3.71. The van der Waals surface area contributed by atoms with E-state index in [4.69, 9.17) is 22.1 Å². The van der Waals surface area contributed by atoms with Gasteiger partial charge in [0.2, 0.25) is 0 Å². The Labute approximate surface area is 129 Å². The smallest absolute Gasteiger partial charge is 0.410 e. The third kappa shape index (κ3) is 3.77. The van der Waals surface area contributed by atoms with Crippen LogP contribution in [0.25, 0.3) is 0 Å². The second-order valence-electron chi connectivity index (χ2n) is 6.02. The molecule has 1 aromatic heterocycles. The number of carbonyl (C=O) groups is 1. The third-order valence-electron chi connectivity index (χ3n) is 3.17. The molecule has 1 amide bonds. The van der Waals surface area contributed by atoms with Crippen molar-refractivity contribution in [3.63, 3.8) is 0 Å². The molecule has 3 N–H and O–H groups in total. The average molecular weight is 313 g/mol.